The van der Waals surface area contributed by atoms with Crippen LogP contribution in [-0.2, 0) is 0 Å². The fraction of sp³-hybridized carbons (Fsp3) is 0. The summed E-state index contributed by atoms with van der Waals surface area (Å²) < 4.78 is 3.74. The van der Waals surface area contributed by atoms with Gasteiger partial charge in [0.1, 0.15) is 0 Å². The van der Waals surface area contributed by atoms with Gasteiger partial charge in [0.25, 0.3) is 0 Å². The monoisotopic (exact) mass is 129 g/mol. The maximum atomic E-state index is 9.48. The van der Waals surface area contributed by atoms with E-state index in [9.17, 15) is 4.91 Å². The molecule has 42 valence electrons. The van der Waals surface area contributed by atoms with Crippen LogP contribution in [0, 0.1) is 4.91 Å². The van der Waals surface area contributed by atoms with E-state index < -0.39 is 0 Å². The van der Waals surface area contributed by atoms with Gasteiger partial charge in [0.05, 0.1) is 5.29 Å². The molecule has 0 aromatic carbocycles. The second-order valence-electron chi connectivity index (χ2n) is 1.09. The van der Waals surface area contributed by atoms with Crippen molar-refractivity contribution in [2.24, 2.45) is 5.29 Å². The first-order valence-corrected chi connectivity index (χ1v) is 2.76. The minimum absolute atomic E-state index is 0.505. The third-order valence-corrected chi connectivity index (χ3v) is 1.16. The van der Waals surface area contributed by atoms with Crippen LogP contribution in [-0.4, -0.2) is 4.37 Å². The van der Waals surface area contributed by atoms with E-state index in [1.54, 1.807) is 11.4 Å². The molecule has 0 aliphatic heterocycles. The van der Waals surface area contributed by atoms with Crippen LogP contribution in [0.4, 0.5) is 5.82 Å². The summed E-state index contributed by atoms with van der Waals surface area (Å²) in [6.45, 7) is 0. The highest BCUT2D eigenvalue weighted by Gasteiger charge is 1.87. The van der Waals surface area contributed by atoms with E-state index in [0.29, 0.717) is 5.82 Å². The third-order valence-electron chi connectivity index (χ3n) is 0.598. The lowest BCUT2D eigenvalue weighted by atomic mass is 10.7. The Morgan fingerprint density at radius 1 is 1.88 bits per heavy atom. The standard InChI is InChI=1S/C3H3N3OS/c7-6-4-3-1-2-8-5-3/h1-2H,(H,4,5,7). The van der Waals surface area contributed by atoms with Gasteiger partial charge in [-0.25, -0.2) is 5.43 Å². The van der Waals surface area contributed by atoms with Gasteiger partial charge >= 0.3 is 0 Å². The summed E-state index contributed by atoms with van der Waals surface area (Å²) in [5.41, 5.74) is 2.16. The zero-order valence-corrected chi connectivity index (χ0v) is 4.68. The molecular weight excluding hydrogens is 126 g/mol. The van der Waals surface area contributed by atoms with Crippen molar-refractivity contribution in [2.45, 2.75) is 0 Å². The Labute approximate surface area is 49.6 Å². The van der Waals surface area contributed by atoms with Crippen molar-refractivity contribution in [3.63, 3.8) is 0 Å². The summed E-state index contributed by atoms with van der Waals surface area (Å²) in [5.74, 6) is 0.505. The molecule has 0 saturated heterocycles. The number of rotatable bonds is 2. The molecule has 0 amide bonds. The molecule has 0 radical (unpaired) electrons. The van der Waals surface area contributed by atoms with Crippen LogP contribution >= 0.6 is 11.5 Å². The summed E-state index contributed by atoms with van der Waals surface area (Å²) in [4.78, 5) is 9.48. The van der Waals surface area contributed by atoms with Gasteiger partial charge in [-0.15, -0.1) is 4.91 Å². The molecule has 1 heterocycles. The van der Waals surface area contributed by atoms with Gasteiger partial charge in [-0.2, -0.15) is 4.37 Å². The average Bonchev–Trinajstić information content (AvgIpc) is 2.19. The predicted octanol–water partition coefficient (Wildman–Crippen LogP) is 1.24. The minimum atomic E-state index is 0.505. The van der Waals surface area contributed by atoms with E-state index in [1.165, 1.54) is 11.5 Å². The van der Waals surface area contributed by atoms with Crippen molar-refractivity contribution in [2.75, 3.05) is 5.43 Å². The first kappa shape index (κ1) is 5.17. The molecule has 0 saturated carbocycles. The average molecular weight is 129 g/mol. The van der Waals surface area contributed by atoms with Crippen molar-refractivity contribution < 1.29 is 0 Å². The van der Waals surface area contributed by atoms with E-state index in [2.05, 4.69) is 15.1 Å². The first-order chi connectivity index (χ1) is 3.93. The molecule has 8 heavy (non-hydrogen) atoms. The SMILES string of the molecule is O=NNc1ccsn1. The fourth-order valence-electron chi connectivity index (χ4n) is 0.317. The topological polar surface area (TPSA) is 54.4 Å². The number of nitrogens with zero attached hydrogens (tertiary/aromatic N) is 2. The zero-order chi connectivity index (χ0) is 5.82. The highest BCUT2D eigenvalue weighted by Crippen LogP contribution is 2.04. The van der Waals surface area contributed by atoms with Crippen LogP contribution in [0.5, 0.6) is 0 Å². The number of hydrogen-bond acceptors (Lipinski definition) is 4. The molecular formula is C3H3N3OS. The Bertz CT molecular complexity index is 161. The smallest absolute Gasteiger partial charge is 0.162 e. The Morgan fingerprint density at radius 2 is 2.75 bits per heavy atom. The van der Waals surface area contributed by atoms with E-state index in [4.69, 9.17) is 0 Å². The number of nitroso groups, excluding NO2 is 1. The number of nitrogens with one attached hydrogen (secondary N) is 1. The van der Waals surface area contributed by atoms with Crippen LogP contribution in [0.15, 0.2) is 16.7 Å². The Kier molecular flexibility index (Phi) is 1.53. The summed E-state index contributed by atoms with van der Waals surface area (Å²) in [7, 11) is 0. The van der Waals surface area contributed by atoms with Gasteiger partial charge in [0.2, 0.25) is 0 Å². The third kappa shape index (κ3) is 1.00. The molecule has 5 heteroatoms. The Morgan fingerprint density at radius 3 is 3.25 bits per heavy atom. The summed E-state index contributed by atoms with van der Waals surface area (Å²) in [5, 5.41) is 4.18. The summed E-state index contributed by atoms with van der Waals surface area (Å²) in [6.07, 6.45) is 0. The van der Waals surface area contributed by atoms with Gasteiger partial charge in [-0.3, -0.25) is 0 Å². The fourth-order valence-corrected chi connectivity index (χ4v) is 0.783. The summed E-state index contributed by atoms with van der Waals surface area (Å²) >= 11 is 1.27. The highest BCUT2D eigenvalue weighted by atomic mass is 32.1. The molecule has 1 aromatic rings. The molecule has 0 spiro atoms. The van der Waals surface area contributed by atoms with E-state index in [0.717, 1.165) is 0 Å². The predicted molar refractivity (Wildman–Crippen MR) is 31.5 cm³/mol. The van der Waals surface area contributed by atoms with Gasteiger partial charge in [0.15, 0.2) is 5.82 Å². The van der Waals surface area contributed by atoms with Gasteiger partial charge < -0.3 is 0 Å². The molecule has 0 unspecified atom stereocenters. The summed E-state index contributed by atoms with van der Waals surface area (Å²) in [6, 6.07) is 1.67. The van der Waals surface area contributed by atoms with Crippen molar-refractivity contribution in [1.82, 2.24) is 4.37 Å². The molecule has 4 nitrogen and oxygen atoms in total. The maximum absolute atomic E-state index is 9.48. The van der Waals surface area contributed by atoms with Crippen LogP contribution in [0.1, 0.15) is 0 Å². The second kappa shape index (κ2) is 2.37. The quantitative estimate of drug-likeness (QED) is 0.482. The Hall–Kier alpha value is -0.970. The van der Waals surface area contributed by atoms with Crippen LogP contribution in [0.25, 0.3) is 0 Å². The largest absolute Gasteiger partial charge is 0.224 e. The molecule has 0 fully saturated rings. The molecule has 1 N–H and O–H groups in total. The molecule has 1 rings (SSSR count). The maximum Gasteiger partial charge on any atom is 0.162 e. The van der Waals surface area contributed by atoms with E-state index >= 15 is 0 Å². The van der Waals surface area contributed by atoms with Crippen LogP contribution < -0.4 is 5.43 Å². The van der Waals surface area contributed by atoms with Crippen LogP contribution in [0.3, 0.4) is 0 Å². The first-order valence-electron chi connectivity index (χ1n) is 1.92. The van der Waals surface area contributed by atoms with Crippen LogP contribution in [0.2, 0.25) is 0 Å². The van der Waals surface area contributed by atoms with Crippen molar-refractivity contribution in [3.05, 3.63) is 16.4 Å². The van der Waals surface area contributed by atoms with Crippen molar-refractivity contribution >= 4 is 17.4 Å². The molecule has 0 aliphatic carbocycles. The molecule has 0 atom stereocenters. The lowest BCUT2D eigenvalue weighted by Crippen LogP contribution is -1.82. The molecule has 0 aliphatic rings. The lowest BCUT2D eigenvalue weighted by molar-refractivity contribution is 1.28. The Balaban J connectivity index is 2.62. The minimum Gasteiger partial charge on any atom is -0.224 e. The number of hydrogen-bond donors (Lipinski definition) is 1. The molecule has 1 aromatic heterocycles. The van der Waals surface area contributed by atoms with E-state index in [-0.39, 0.29) is 0 Å². The second-order valence-corrected chi connectivity index (χ2v) is 1.75. The van der Waals surface area contributed by atoms with E-state index in [1.807, 2.05) is 0 Å². The zero-order valence-electron chi connectivity index (χ0n) is 3.87. The normalized spacial score (nSPS) is 8.50. The van der Waals surface area contributed by atoms with Gasteiger partial charge in [-0.1, -0.05) is 0 Å². The number of anilines is 1. The molecule has 0 bridgehead atoms. The number of aromatic nitrogens is 1. The lowest BCUT2D eigenvalue weighted by Gasteiger charge is -1.81. The highest BCUT2D eigenvalue weighted by molar-refractivity contribution is 7.03. The van der Waals surface area contributed by atoms with Gasteiger partial charge in [-0.05, 0) is 17.6 Å². The van der Waals surface area contributed by atoms with Crippen molar-refractivity contribution in [3.8, 4) is 0 Å². The van der Waals surface area contributed by atoms with Gasteiger partial charge in [0, 0.05) is 5.38 Å². The van der Waals surface area contributed by atoms with Crippen molar-refractivity contribution in [1.29, 1.82) is 0 Å².